The Labute approximate surface area is 103 Å². The molecule has 76 valence electrons. The van der Waals surface area contributed by atoms with Gasteiger partial charge in [-0.25, -0.2) is 4.98 Å². The Bertz CT molecular complexity index is 620. The van der Waals surface area contributed by atoms with Gasteiger partial charge >= 0.3 is 0 Å². The minimum atomic E-state index is 1.06. The molecule has 0 N–H and O–H groups in total. The van der Waals surface area contributed by atoms with Crippen molar-refractivity contribution in [2.75, 3.05) is 0 Å². The van der Waals surface area contributed by atoms with E-state index in [1.807, 2.05) is 0 Å². The zero-order valence-corrected chi connectivity index (χ0v) is 11.1. The third kappa shape index (κ3) is 1.55. The summed E-state index contributed by atoms with van der Waals surface area (Å²) >= 11 is 6.86. The molecular formula is C10H7BrN2S2. The van der Waals surface area contributed by atoms with E-state index in [0.717, 1.165) is 14.4 Å². The molecule has 0 atom stereocenters. The fourth-order valence-electron chi connectivity index (χ4n) is 1.46. The summed E-state index contributed by atoms with van der Waals surface area (Å²) < 4.78 is 3.28. The molecule has 0 amide bonds. The number of hydrogen-bond donors (Lipinski definition) is 0. The van der Waals surface area contributed by atoms with Gasteiger partial charge in [0.1, 0.15) is 5.69 Å². The summed E-state index contributed by atoms with van der Waals surface area (Å²) in [6.45, 7) is 2.10. The minimum absolute atomic E-state index is 1.06. The molecule has 0 aliphatic heterocycles. The van der Waals surface area contributed by atoms with E-state index in [2.05, 4.69) is 55.9 Å². The second-order valence-corrected chi connectivity index (χ2v) is 6.56. The van der Waals surface area contributed by atoms with Gasteiger partial charge in [-0.2, -0.15) is 0 Å². The average Bonchev–Trinajstić information content (AvgIpc) is 2.84. The Morgan fingerprint density at radius 1 is 1.40 bits per heavy atom. The first-order valence-electron chi connectivity index (χ1n) is 4.43. The normalized spacial score (nSPS) is 11.3. The number of halogens is 1. The summed E-state index contributed by atoms with van der Waals surface area (Å²) in [5.41, 5.74) is 2.30. The third-order valence-corrected chi connectivity index (χ3v) is 4.82. The summed E-state index contributed by atoms with van der Waals surface area (Å²) in [5.74, 6) is 0. The fraction of sp³-hybridized carbons (Fsp3) is 0.100. The van der Waals surface area contributed by atoms with Crippen LogP contribution in [0.5, 0.6) is 0 Å². The number of aryl methyl sites for hydroxylation is 1. The van der Waals surface area contributed by atoms with E-state index in [1.54, 1.807) is 22.7 Å². The predicted octanol–water partition coefficient (Wildman–Crippen LogP) is 4.20. The van der Waals surface area contributed by atoms with Crippen molar-refractivity contribution in [2.45, 2.75) is 6.92 Å². The zero-order chi connectivity index (χ0) is 10.4. The summed E-state index contributed by atoms with van der Waals surface area (Å²) in [5, 5.41) is 2.12. The lowest BCUT2D eigenvalue weighted by Gasteiger charge is -1.87. The highest BCUT2D eigenvalue weighted by atomic mass is 79.9. The highest BCUT2D eigenvalue weighted by Crippen LogP contribution is 2.31. The Hall–Kier alpha value is -0.650. The number of aromatic nitrogens is 2. The average molecular weight is 299 g/mol. The molecule has 0 fully saturated rings. The van der Waals surface area contributed by atoms with Crippen LogP contribution in [0, 0.1) is 6.92 Å². The van der Waals surface area contributed by atoms with E-state index in [-0.39, 0.29) is 0 Å². The quantitative estimate of drug-likeness (QED) is 0.658. The molecule has 3 aromatic heterocycles. The predicted molar refractivity (Wildman–Crippen MR) is 68.8 cm³/mol. The summed E-state index contributed by atoms with van der Waals surface area (Å²) in [7, 11) is 0. The zero-order valence-electron chi connectivity index (χ0n) is 7.90. The highest BCUT2D eigenvalue weighted by Gasteiger charge is 2.08. The standard InChI is InChI=1S/C10H7BrN2S2/c1-6-5-14-10-12-7(4-13(6)10)8-2-3-9(11)15-8/h2-5H,1H3. The van der Waals surface area contributed by atoms with Crippen molar-refractivity contribution in [3.05, 3.63) is 33.2 Å². The second-order valence-electron chi connectivity index (χ2n) is 3.26. The fourth-order valence-corrected chi connectivity index (χ4v) is 3.66. The monoisotopic (exact) mass is 298 g/mol. The van der Waals surface area contributed by atoms with Crippen LogP contribution in [-0.4, -0.2) is 9.38 Å². The lowest BCUT2D eigenvalue weighted by Crippen LogP contribution is -1.77. The molecule has 0 aromatic carbocycles. The number of rotatable bonds is 1. The molecule has 0 aliphatic rings. The van der Waals surface area contributed by atoms with Crippen LogP contribution in [0.2, 0.25) is 0 Å². The first-order chi connectivity index (χ1) is 7.24. The SMILES string of the molecule is Cc1csc2nc(-c3ccc(Br)s3)cn12. The van der Waals surface area contributed by atoms with E-state index in [4.69, 9.17) is 0 Å². The Kier molecular flexibility index (Phi) is 2.19. The van der Waals surface area contributed by atoms with Crippen molar-refractivity contribution in [3.8, 4) is 10.6 Å². The van der Waals surface area contributed by atoms with E-state index >= 15 is 0 Å². The molecule has 2 nitrogen and oxygen atoms in total. The molecule has 5 heteroatoms. The maximum Gasteiger partial charge on any atom is 0.194 e. The van der Waals surface area contributed by atoms with Crippen molar-refractivity contribution in [1.82, 2.24) is 9.38 Å². The molecule has 3 rings (SSSR count). The Balaban J connectivity index is 2.19. The van der Waals surface area contributed by atoms with Gasteiger partial charge in [0, 0.05) is 17.3 Å². The first-order valence-corrected chi connectivity index (χ1v) is 6.92. The van der Waals surface area contributed by atoms with Crippen LogP contribution in [0.3, 0.4) is 0 Å². The molecule has 3 heterocycles. The van der Waals surface area contributed by atoms with E-state index in [1.165, 1.54) is 10.6 Å². The molecule has 3 aromatic rings. The van der Waals surface area contributed by atoms with Gasteiger partial charge in [0.05, 0.1) is 8.66 Å². The van der Waals surface area contributed by atoms with Crippen molar-refractivity contribution < 1.29 is 0 Å². The molecule has 0 aliphatic carbocycles. The summed E-state index contributed by atoms with van der Waals surface area (Å²) in [6, 6.07) is 4.15. The Morgan fingerprint density at radius 2 is 2.27 bits per heavy atom. The second kappa shape index (κ2) is 3.43. The van der Waals surface area contributed by atoms with Gasteiger partial charge in [-0.3, -0.25) is 4.40 Å². The van der Waals surface area contributed by atoms with Crippen molar-refractivity contribution in [1.29, 1.82) is 0 Å². The third-order valence-electron chi connectivity index (χ3n) is 2.21. The first kappa shape index (κ1) is 9.57. The van der Waals surface area contributed by atoms with Crippen LogP contribution >= 0.6 is 38.6 Å². The molecule has 0 unspecified atom stereocenters. The number of thiophene rings is 1. The number of hydrogen-bond acceptors (Lipinski definition) is 3. The van der Waals surface area contributed by atoms with Gasteiger partial charge < -0.3 is 0 Å². The molecule has 0 saturated heterocycles. The van der Waals surface area contributed by atoms with Crippen LogP contribution in [0.15, 0.2) is 27.5 Å². The molecule has 0 saturated carbocycles. The molecule has 15 heavy (non-hydrogen) atoms. The van der Waals surface area contributed by atoms with Crippen molar-refractivity contribution in [3.63, 3.8) is 0 Å². The summed E-state index contributed by atoms with van der Waals surface area (Å²) in [6.07, 6.45) is 2.10. The minimum Gasteiger partial charge on any atom is -0.294 e. The van der Waals surface area contributed by atoms with Crippen LogP contribution in [0.1, 0.15) is 5.69 Å². The maximum absolute atomic E-state index is 4.59. The van der Waals surface area contributed by atoms with Crippen molar-refractivity contribution >= 4 is 43.6 Å². The van der Waals surface area contributed by atoms with Gasteiger partial charge in [0.15, 0.2) is 4.96 Å². The van der Waals surface area contributed by atoms with Gasteiger partial charge in [0.25, 0.3) is 0 Å². The van der Waals surface area contributed by atoms with Crippen molar-refractivity contribution in [2.24, 2.45) is 0 Å². The van der Waals surface area contributed by atoms with E-state index in [9.17, 15) is 0 Å². The number of thiazole rings is 1. The van der Waals surface area contributed by atoms with Crippen LogP contribution in [0.25, 0.3) is 15.5 Å². The van der Waals surface area contributed by atoms with Gasteiger partial charge in [-0.15, -0.1) is 22.7 Å². The number of fused-ring (bicyclic) bond motifs is 1. The maximum atomic E-state index is 4.59. The van der Waals surface area contributed by atoms with Gasteiger partial charge in [-0.1, -0.05) is 0 Å². The largest absolute Gasteiger partial charge is 0.294 e. The highest BCUT2D eigenvalue weighted by molar-refractivity contribution is 9.11. The molecule has 0 spiro atoms. The molecule has 0 radical (unpaired) electrons. The summed E-state index contributed by atoms with van der Waals surface area (Å²) in [4.78, 5) is 6.86. The van der Waals surface area contributed by atoms with Crippen LogP contribution in [-0.2, 0) is 0 Å². The lowest BCUT2D eigenvalue weighted by atomic mass is 10.4. The van der Waals surface area contributed by atoms with E-state index < -0.39 is 0 Å². The molecular weight excluding hydrogens is 292 g/mol. The van der Waals surface area contributed by atoms with E-state index in [0.29, 0.717) is 0 Å². The smallest absolute Gasteiger partial charge is 0.194 e. The van der Waals surface area contributed by atoms with Gasteiger partial charge in [-0.05, 0) is 35.0 Å². The Morgan fingerprint density at radius 3 is 2.93 bits per heavy atom. The number of nitrogens with zero attached hydrogens (tertiary/aromatic N) is 2. The van der Waals surface area contributed by atoms with Gasteiger partial charge in [0.2, 0.25) is 0 Å². The number of imidazole rings is 1. The van der Waals surface area contributed by atoms with Crippen LogP contribution in [0.4, 0.5) is 0 Å². The topological polar surface area (TPSA) is 17.3 Å². The molecule has 0 bridgehead atoms. The lowest BCUT2D eigenvalue weighted by molar-refractivity contribution is 1.13. The van der Waals surface area contributed by atoms with Crippen LogP contribution < -0.4 is 0 Å².